The predicted molar refractivity (Wildman–Crippen MR) is 182 cm³/mol. The second-order valence-corrected chi connectivity index (χ2v) is 11.7. The van der Waals surface area contributed by atoms with Gasteiger partial charge in [0.15, 0.2) is 11.6 Å². The van der Waals surface area contributed by atoms with Gasteiger partial charge in [0, 0.05) is 94.2 Å². The van der Waals surface area contributed by atoms with Crippen LogP contribution in [0, 0.1) is 0 Å². The fourth-order valence-corrected chi connectivity index (χ4v) is 6.35. The molecule has 1 N–H and O–H groups in total. The van der Waals surface area contributed by atoms with Gasteiger partial charge in [-0.1, -0.05) is 11.6 Å². The standard InChI is InChI=1S/C20H20N4O2.C16H9ClN2O2/c1-24(2)9-8-22-20-18-17(15-11-21-7-6-13(15)19(18)25)14-5-4-12(26-3)10-16(14)23-20;1-21-8-2-3-10-12(6-8)19-16(17)14-13(10)11-7-18-5-4-9(11)15(14)20/h4-7,10-11H,8-9H2,1-3H3,(H,22,23);2-7H,1H3. The first-order chi connectivity index (χ1) is 22.8. The van der Waals surface area contributed by atoms with E-state index in [2.05, 4.69) is 25.2 Å². The number of nitrogens with zero attached hydrogens (tertiary/aromatic N) is 5. The van der Waals surface area contributed by atoms with Gasteiger partial charge < -0.3 is 19.7 Å². The number of ketones is 2. The number of anilines is 1. The summed E-state index contributed by atoms with van der Waals surface area (Å²) < 4.78 is 10.5. The molecule has 0 atom stereocenters. The molecule has 2 aliphatic rings. The van der Waals surface area contributed by atoms with Crippen LogP contribution in [0.3, 0.4) is 0 Å². The third-order valence-electron chi connectivity index (χ3n) is 8.32. The van der Waals surface area contributed by atoms with Crippen LogP contribution >= 0.6 is 11.6 Å². The van der Waals surface area contributed by atoms with Gasteiger partial charge in [-0.15, -0.1) is 0 Å². The van der Waals surface area contributed by atoms with Crippen LogP contribution in [0.25, 0.3) is 44.1 Å². The van der Waals surface area contributed by atoms with Gasteiger partial charge in [-0.3, -0.25) is 19.6 Å². The molecule has 0 saturated carbocycles. The summed E-state index contributed by atoms with van der Waals surface area (Å²) in [7, 11) is 7.25. The minimum Gasteiger partial charge on any atom is -0.497 e. The van der Waals surface area contributed by atoms with Crippen LogP contribution in [0.1, 0.15) is 31.8 Å². The Morgan fingerprint density at radius 2 is 1.23 bits per heavy atom. The fraction of sp³-hybridized carbons (Fsp3) is 0.167. The third-order valence-corrected chi connectivity index (χ3v) is 8.59. The molecule has 0 bridgehead atoms. The minimum atomic E-state index is -0.0994. The first-order valence-electron chi connectivity index (χ1n) is 14.9. The Balaban J connectivity index is 0.000000153. The average Bonchev–Trinajstić information content (AvgIpc) is 3.56. The summed E-state index contributed by atoms with van der Waals surface area (Å²) in [6, 6.07) is 14.8. The number of hydrogen-bond acceptors (Lipinski definition) is 10. The molecule has 0 fully saturated rings. The zero-order chi connectivity index (χ0) is 32.8. The number of ether oxygens (including phenoxy) is 2. The van der Waals surface area contributed by atoms with Gasteiger partial charge in [-0.25, -0.2) is 9.97 Å². The number of likely N-dealkylation sites (N-methyl/N-ethyl adjacent to an activating group) is 1. The number of carbonyl (C=O) groups excluding carboxylic acids is 2. The number of fused-ring (bicyclic) bond motifs is 10. The van der Waals surface area contributed by atoms with Crippen molar-refractivity contribution in [2.75, 3.05) is 46.7 Å². The fourth-order valence-electron chi connectivity index (χ4n) is 6.08. The van der Waals surface area contributed by atoms with E-state index in [1.165, 1.54) is 0 Å². The van der Waals surface area contributed by atoms with Gasteiger partial charge in [-0.2, -0.15) is 0 Å². The molecule has 2 aliphatic carbocycles. The third kappa shape index (κ3) is 5.11. The molecule has 0 amide bonds. The summed E-state index contributed by atoms with van der Waals surface area (Å²) in [6.07, 6.45) is 6.71. The molecule has 0 saturated heterocycles. The molecule has 10 nitrogen and oxygen atoms in total. The molecule has 4 aromatic heterocycles. The number of benzene rings is 2. The molecule has 234 valence electrons. The van der Waals surface area contributed by atoms with Crippen molar-refractivity contribution < 1.29 is 19.1 Å². The summed E-state index contributed by atoms with van der Waals surface area (Å²) in [5, 5.41) is 5.35. The molecule has 0 unspecified atom stereocenters. The smallest absolute Gasteiger partial charge is 0.198 e. The molecule has 2 aromatic carbocycles. The van der Waals surface area contributed by atoms with Crippen LogP contribution in [0.5, 0.6) is 11.5 Å². The normalized spacial score (nSPS) is 12.4. The van der Waals surface area contributed by atoms with Crippen molar-refractivity contribution in [3.05, 3.63) is 101 Å². The lowest BCUT2D eigenvalue weighted by Crippen LogP contribution is -2.22. The van der Waals surface area contributed by atoms with E-state index in [9.17, 15) is 9.59 Å². The van der Waals surface area contributed by atoms with Crippen LogP contribution in [0.4, 0.5) is 5.82 Å². The maximum Gasteiger partial charge on any atom is 0.198 e. The van der Waals surface area contributed by atoms with Crippen molar-refractivity contribution in [1.82, 2.24) is 24.8 Å². The highest BCUT2D eigenvalue weighted by Crippen LogP contribution is 2.45. The lowest BCUT2D eigenvalue weighted by atomic mass is 10.0. The molecule has 0 spiro atoms. The summed E-state index contributed by atoms with van der Waals surface area (Å²) >= 11 is 6.24. The quantitative estimate of drug-likeness (QED) is 0.206. The Bertz CT molecular complexity index is 2250. The molecular formula is C36H29ClN6O4. The van der Waals surface area contributed by atoms with Crippen LogP contribution in [0.2, 0.25) is 5.15 Å². The van der Waals surface area contributed by atoms with Gasteiger partial charge in [0.05, 0.1) is 36.4 Å². The summed E-state index contributed by atoms with van der Waals surface area (Å²) in [5.41, 5.74) is 7.24. The zero-order valence-electron chi connectivity index (χ0n) is 26.1. The Morgan fingerprint density at radius 1 is 0.702 bits per heavy atom. The van der Waals surface area contributed by atoms with Gasteiger partial charge in [0.1, 0.15) is 22.5 Å². The Kier molecular flexibility index (Phi) is 7.75. The van der Waals surface area contributed by atoms with E-state index in [0.29, 0.717) is 45.9 Å². The van der Waals surface area contributed by atoms with Crippen LogP contribution in [0.15, 0.2) is 73.3 Å². The van der Waals surface area contributed by atoms with E-state index in [4.69, 9.17) is 26.1 Å². The molecule has 0 aliphatic heterocycles. The molecular weight excluding hydrogens is 616 g/mol. The van der Waals surface area contributed by atoms with Crippen LogP contribution in [-0.2, 0) is 0 Å². The predicted octanol–water partition coefficient (Wildman–Crippen LogP) is 6.33. The molecule has 4 heterocycles. The molecule has 47 heavy (non-hydrogen) atoms. The van der Waals surface area contributed by atoms with E-state index in [-0.39, 0.29) is 16.7 Å². The van der Waals surface area contributed by atoms with Crippen molar-refractivity contribution >= 4 is 50.8 Å². The second kappa shape index (κ2) is 12.1. The number of carbonyl (C=O) groups is 2. The van der Waals surface area contributed by atoms with Gasteiger partial charge >= 0.3 is 0 Å². The lowest BCUT2D eigenvalue weighted by molar-refractivity contribution is 0.103. The highest BCUT2D eigenvalue weighted by Gasteiger charge is 2.33. The number of methoxy groups -OCH3 is 2. The highest BCUT2D eigenvalue weighted by atomic mass is 35.5. The maximum absolute atomic E-state index is 13.0. The van der Waals surface area contributed by atoms with Gasteiger partial charge in [-0.05, 0) is 50.5 Å². The molecule has 6 aromatic rings. The van der Waals surface area contributed by atoms with Crippen molar-refractivity contribution in [2.45, 2.75) is 0 Å². The minimum absolute atomic E-state index is 0.00466. The Labute approximate surface area is 275 Å². The summed E-state index contributed by atoms with van der Waals surface area (Å²) in [6.45, 7) is 1.54. The zero-order valence-corrected chi connectivity index (χ0v) is 26.8. The van der Waals surface area contributed by atoms with Crippen molar-refractivity contribution in [3.8, 4) is 33.8 Å². The monoisotopic (exact) mass is 644 g/mol. The average molecular weight is 645 g/mol. The van der Waals surface area contributed by atoms with E-state index in [1.807, 2.05) is 44.4 Å². The SMILES string of the molecule is COc1ccc2c3c(c(Cl)nc2c1)C(=O)c1ccncc1-3.COc1ccc2c3c(c(NCCN(C)C)nc2c1)C(=O)c1ccncc1-3. The number of aromatic nitrogens is 4. The van der Waals surface area contributed by atoms with Gasteiger partial charge in [0.25, 0.3) is 0 Å². The van der Waals surface area contributed by atoms with Crippen molar-refractivity contribution in [1.29, 1.82) is 0 Å². The second-order valence-electron chi connectivity index (χ2n) is 11.4. The molecule has 8 rings (SSSR count). The number of halogens is 1. The highest BCUT2D eigenvalue weighted by molar-refractivity contribution is 6.38. The largest absolute Gasteiger partial charge is 0.497 e. The molecule has 11 heteroatoms. The molecule has 0 radical (unpaired) electrons. The van der Waals surface area contributed by atoms with E-state index in [1.54, 1.807) is 57.2 Å². The van der Waals surface area contributed by atoms with E-state index >= 15 is 0 Å². The summed E-state index contributed by atoms with van der Waals surface area (Å²) in [5.74, 6) is 1.94. The number of nitrogens with one attached hydrogen (secondary N) is 1. The maximum atomic E-state index is 13.0. The lowest BCUT2D eigenvalue weighted by Gasteiger charge is -2.15. The topological polar surface area (TPSA) is 119 Å². The number of rotatable bonds is 6. The van der Waals surface area contributed by atoms with Crippen molar-refractivity contribution in [2.24, 2.45) is 0 Å². The Hall–Kier alpha value is -5.45. The van der Waals surface area contributed by atoms with Crippen LogP contribution < -0.4 is 14.8 Å². The van der Waals surface area contributed by atoms with E-state index in [0.717, 1.165) is 50.8 Å². The number of pyridine rings is 4. The van der Waals surface area contributed by atoms with Gasteiger partial charge in [0.2, 0.25) is 0 Å². The van der Waals surface area contributed by atoms with E-state index < -0.39 is 0 Å². The number of hydrogen-bond donors (Lipinski definition) is 1. The first kappa shape index (κ1) is 30.2. The Morgan fingerprint density at radius 3 is 1.79 bits per heavy atom. The van der Waals surface area contributed by atoms with Crippen molar-refractivity contribution in [3.63, 3.8) is 0 Å². The summed E-state index contributed by atoms with van der Waals surface area (Å²) in [4.78, 5) is 45.0. The first-order valence-corrected chi connectivity index (χ1v) is 15.2. The van der Waals surface area contributed by atoms with Crippen LogP contribution in [-0.4, -0.2) is 77.8 Å².